The Labute approximate surface area is 121 Å². The van der Waals surface area contributed by atoms with Gasteiger partial charge >= 0.3 is 0 Å². The van der Waals surface area contributed by atoms with Crippen molar-refractivity contribution in [1.29, 1.82) is 0 Å². The van der Waals surface area contributed by atoms with E-state index < -0.39 is 0 Å². The van der Waals surface area contributed by atoms with Gasteiger partial charge in [-0.05, 0) is 25.0 Å². The summed E-state index contributed by atoms with van der Waals surface area (Å²) < 4.78 is 13.7. The van der Waals surface area contributed by atoms with E-state index in [2.05, 4.69) is 4.98 Å². The average Bonchev–Trinajstić information content (AvgIpc) is 3.10. The molecule has 1 fully saturated rings. The predicted octanol–water partition coefficient (Wildman–Crippen LogP) is 3.11. The molecule has 104 valence electrons. The fraction of sp³-hybridized carbons (Fsp3) is 0.333. The summed E-state index contributed by atoms with van der Waals surface area (Å²) in [6.45, 7) is 1.70. The van der Waals surface area contributed by atoms with Gasteiger partial charge in [-0.1, -0.05) is 12.1 Å². The van der Waals surface area contributed by atoms with E-state index >= 15 is 0 Å². The SMILES string of the molecule is O=C(Cc1csc(-c2ccccc2F)n1)N1CCCC1. The molecule has 1 aliphatic rings. The average molecular weight is 290 g/mol. The molecule has 0 radical (unpaired) electrons. The van der Waals surface area contributed by atoms with Gasteiger partial charge in [0.15, 0.2) is 0 Å². The summed E-state index contributed by atoms with van der Waals surface area (Å²) in [6.07, 6.45) is 2.48. The third-order valence-corrected chi connectivity index (χ3v) is 4.37. The van der Waals surface area contributed by atoms with Crippen LogP contribution in [0.4, 0.5) is 4.39 Å². The molecule has 1 aromatic carbocycles. The lowest BCUT2D eigenvalue weighted by Gasteiger charge is -2.13. The van der Waals surface area contributed by atoms with Crippen LogP contribution in [-0.2, 0) is 11.2 Å². The number of carbonyl (C=O) groups is 1. The maximum absolute atomic E-state index is 13.7. The number of nitrogens with zero attached hydrogens (tertiary/aromatic N) is 2. The van der Waals surface area contributed by atoms with Crippen LogP contribution in [0.25, 0.3) is 10.6 Å². The van der Waals surface area contributed by atoms with Crippen LogP contribution >= 0.6 is 11.3 Å². The van der Waals surface area contributed by atoms with Gasteiger partial charge in [0, 0.05) is 24.0 Å². The minimum Gasteiger partial charge on any atom is -0.342 e. The summed E-state index contributed by atoms with van der Waals surface area (Å²) in [5.41, 5.74) is 1.22. The molecule has 5 heteroatoms. The first-order valence-corrected chi connectivity index (χ1v) is 7.59. The predicted molar refractivity (Wildman–Crippen MR) is 77.0 cm³/mol. The Bertz CT molecular complexity index is 620. The molecule has 0 N–H and O–H groups in total. The standard InChI is InChI=1S/C15H15FN2OS/c16-13-6-2-1-5-12(13)15-17-11(10-20-15)9-14(19)18-7-3-4-8-18/h1-2,5-6,10H,3-4,7-9H2. The minimum atomic E-state index is -0.278. The highest BCUT2D eigenvalue weighted by atomic mass is 32.1. The monoisotopic (exact) mass is 290 g/mol. The fourth-order valence-electron chi connectivity index (χ4n) is 2.38. The number of amides is 1. The quantitative estimate of drug-likeness (QED) is 0.870. The van der Waals surface area contributed by atoms with Crippen molar-refractivity contribution >= 4 is 17.2 Å². The Kier molecular flexibility index (Phi) is 3.78. The highest BCUT2D eigenvalue weighted by Gasteiger charge is 2.19. The first kappa shape index (κ1) is 13.2. The Balaban J connectivity index is 1.74. The molecule has 3 nitrogen and oxygen atoms in total. The second kappa shape index (κ2) is 5.71. The second-order valence-corrected chi connectivity index (χ2v) is 5.75. The number of aromatic nitrogens is 1. The molecule has 2 heterocycles. The van der Waals surface area contributed by atoms with Crippen molar-refractivity contribution in [3.63, 3.8) is 0 Å². The number of benzene rings is 1. The molecule has 0 aliphatic carbocycles. The molecule has 0 spiro atoms. The van der Waals surface area contributed by atoms with Crippen molar-refractivity contribution in [2.75, 3.05) is 13.1 Å². The van der Waals surface area contributed by atoms with Crippen molar-refractivity contribution in [2.45, 2.75) is 19.3 Å². The number of thiazole rings is 1. The molecule has 1 aliphatic heterocycles. The molecule has 20 heavy (non-hydrogen) atoms. The first-order chi connectivity index (χ1) is 9.74. The van der Waals surface area contributed by atoms with Gasteiger partial charge in [0.05, 0.1) is 12.1 Å². The van der Waals surface area contributed by atoms with E-state index in [0.29, 0.717) is 17.0 Å². The fourth-order valence-corrected chi connectivity index (χ4v) is 3.23. The summed E-state index contributed by atoms with van der Waals surface area (Å²) in [7, 11) is 0. The highest BCUT2D eigenvalue weighted by Crippen LogP contribution is 2.26. The smallest absolute Gasteiger partial charge is 0.228 e. The van der Waals surface area contributed by atoms with Crippen molar-refractivity contribution in [3.8, 4) is 10.6 Å². The number of carbonyl (C=O) groups excluding carboxylic acids is 1. The third kappa shape index (κ3) is 2.72. The van der Waals surface area contributed by atoms with Gasteiger partial charge in [0.2, 0.25) is 5.91 Å². The molecule has 1 amide bonds. The topological polar surface area (TPSA) is 33.2 Å². The van der Waals surface area contributed by atoms with Gasteiger partial charge in [0.1, 0.15) is 10.8 Å². The van der Waals surface area contributed by atoms with Gasteiger partial charge in [0.25, 0.3) is 0 Å². The molecular weight excluding hydrogens is 275 g/mol. The third-order valence-electron chi connectivity index (χ3n) is 3.45. The van der Waals surface area contributed by atoms with Crippen LogP contribution in [0.15, 0.2) is 29.6 Å². The molecule has 1 saturated heterocycles. The lowest BCUT2D eigenvalue weighted by atomic mass is 10.2. The molecule has 0 bridgehead atoms. The van der Waals surface area contributed by atoms with Gasteiger partial charge in [-0.15, -0.1) is 11.3 Å². The largest absolute Gasteiger partial charge is 0.342 e. The Hall–Kier alpha value is -1.75. The van der Waals surface area contributed by atoms with E-state index in [9.17, 15) is 9.18 Å². The van der Waals surface area contributed by atoms with Crippen molar-refractivity contribution < 1.29 is 9.18 Å². The lowest BCUT2D eigenvalue weighted by molar-refractivity contribution is -0.129. The van der Waals surface area contributed by atoms with Crippen LogP contribution in [0, 0.1) is 5.82 Å². The zero-order valence-electron chi connectivity index (χ0n) is 11.0. The zero-order valence-corrected chi connectivity index (χ0v) is 11.8. The zero-order chi connectivity index (χ0) is 13.9. The maximum Gasteiger partial charge on any atom is 0.228 e. The summed E-state index contributed by atoms with van der Waals surface area (Å²) in [4.78, 5) is 18.3. The maximum atomic E-state index is 13.7. The van der Waals surface area contributed by atoms with Crippen LogP contribution in [0.1, 0.15) is 18.5 Å². The minimum absolute atomic E-state index is 0.118. The lowest BCUT2D eigenvalue weighted by Crippen LogP contribution is -2.29. The van der Waals surface area contributed by atoms with Crippen LogP contribution in [-0.4, -0.2) is 28.9 Å². The molecule has 0 unspecified atom stereocenters. The van der Waals surface area contributed by atoms with E-state index in [1.165, 1.54) is 17.4 Å². The van der Waals surface area contributed by atoms with E-state index in [1.54, 1.807) is 18.2 Å². The number of likely N-dealkylation sites (tertiary alicyclic amines) is 1. The summed E-state index contributed by atoms with van der Waals surface area (Å²) >= 11 is 1.38. The molecule has 2 aromatic rings. The van der Waals surface area contributed by atoms with Crippen LogP contribution in [0.2, 0.25) is 0 Å². The summed E-state index contributed by atoms with van der Waals surface area (Å²) in [5, 5.41) is 2.47. The molecule has 0 atom stereocenters. The van der Waals surface area contributed by atoms with Crippen molar-refractivity contribution in [2.24, 2.45) is 0 Å². The number of hydrogen-bond acceptors (Lipinski definition) is 3. The second-order valence-electron chi connectivity index (χ2n) is 4.89. The van der Waals surface area contributed by atoms with Crippen molar-refractivity contribution in [1.82, 2.24) is 9.88 Å². The van der Waals surface area contributed by atoms with Gasteiger partial charge < -0.3 is 4.90 Å². The Morgan fingerprint density at radius 1 is 1.30 bits per heavy atom. The summed E-state index contributed by atoms with van der Waals surface area (Å²) in [5.74, 6) is -0.160. The molecular formula is C15H15FN2OS. The van der Waals surface area contributed by atoms with E-state index in [4.69, 9.17) is 0 Å². The first-order valence-electron chi connectivity index (χ1n) is 6.71. The van der Waals surface area contributed by atoms with Crippen LogP contribution in [0.5, 0.6) is 0 Å². The van der Waals surface area contributed by atoms with E-state index in [0.717, 1.165) is 31.6 Å². The van der Waals surface area contributed by atoms with Gasteiger partial charge in [-0.3, -0.25) is 4.79 Å². The van der Waals surface area contributed by atoms with Crippen LogP contribution < -0.4 is 0 Å². The van der Waals surface area contributed by atoms with E-state index in [-0.39, 0.29) is 11.7 Å². The number of halogens is 1. The van der Waals surface area contributed by atoms with Gasteiger partial charge in [-0.2, -0.15) is 0 Å². The van der Waals surface area contributed by atoms with E-state index in [1.807, 2.05) is 10.3 Å². The Morgan fingerprint density at radius 3 is 2.80 bits per heavy atom. The molecule has 3 rings (SSSR count). The summed E-state index contributed by atoms with van der Waals surface area (Å²) in [6, 6.07) is 6.57. The normalized spacial score (nSPS) is 14.8. The number of hydrogen-bond donors (Lipinski definition) is 0. The molecule has 1 aromatic heterocycles. The highest BCUT2D eigenvalue weighted by molar-refractivity contribution is 7.13. The number of rotatable bonds is 3. The Morgan fingerprint density at radius 2 is 2.05 bits per heavy atom. The van der Waals surface area contributed by atoms with Gasteiger partial charge in [-0.25, -0.2) is 9.37 Å². The molecule has 0 saturated carbocycles. The van der Waals surface area contributed by atoms with Crippen molar-refractivity contribution in [3.05, 3.63) is 41.2 Å². The van der Waals surface area contributed by atoms with Crippen LogP contribution in [0.3, 0.4) is 0 Å².